The molecule has 5 heteroatoms. The quantitative estimate of drug-likeness (QED) is 0.644. The largest absolute Gasteiger partial charge is 0.497 e. The number of nitrogens with two attached hydrogens (primary N) is 1. The molecule has 2 rings (SSSR count). The lowest BCUT2D eigenvalue weighted by atomic mass is 10.00. The second kappa shape index (κ2) is 6.36. The van der Waals surface area contributed by atoms with Crippen molar-refractivity contribution in [2.45, 2.75) is 13.0 Å². The Kier molecular flexibility index (Phi) is 4.55. The Morgan fingerprint density at radius 1 is 1.05 bits per heavy atom. The molecule has 0 saturated carbocycles. The lowest BCUT2D eigenvalue weighted by molar-refractivity contribution is 0.392. The standard InChI is InChI=1S/C15H19N3O2/c1-10-4-5-11(9-17-10)15(18-16)12-6-13(19-2)8-14(7-12)20-3/h4-9,15,18H,16H2,1-3H3. The van der Waals surface area contributed by atoms with Gasteiger partial charge in [0, 0.05) is 18.0 Å². The van der Waals surface area contributed by atoms with E-state index in [1.165, 1.54) is 0 Å². The molecule has 3 N–H and O–H groups in total. The summed E-state index contributed by atoms with van der Waals surface area (Å²) >= 11 is 0. The van der Waals surface area contributed by atoms with Crippen molar-refractivity contribution in [3.05, 3.63) is 53.3 Å². The van der Waals surface area contributed by atoms with E-state index in [4.69, 9.17) is 15.3 Å². The van der Waals surface area contributed by atoms with Crippen LogP contribution in [0.4, 0.5) is 0 Å². The third kappa shape index (κ3) is 3.07. The lowest BCUT2D eigenvalue weighted by Gasteiger charge is -2.18. The summed E-state index contributed by atoms with van der Waals surface area (Å²) in [6.45, 7) is 1.95. The van der Waals surface area contributed by atoms with Crippen LogP contribution in [0.25, 0.3) is 0 Å². The van der Waals surface area contributed by atoms with Crippen molar-refractivity contribution in [2.24, 2.45) is 5.84 Å². The molecule has 0 aliphatic rings. The van der Waals surface area contributed by atoms with Gasteiger partial charge in [0.15, 0.2) is 0 Å². The minimum atomic E-state index is -0.174. The van der Waals surface area contributed by atoms with Gasteiger partial charge < -0.3 is 9.47 Å². The number of nitrogens with zero attached hydrogens (tertiary/aromatic N) is 1. The third-order valence-corrected chi connectivity index (χ3v) is 3.14. The number of hydrogen-bond donors (Lipinski definition) is 2. The van der Waals surface area contributed by atoms with Crippen LogP contribution < -0.4 is 20.7 Å². The summed E-state index contributed by atoms with van der Waals surface area (Å²) in [6, 6.07) is 9.45. The van der Waals surface area contributed by atoms with Gasteiger partial charge in [0.25, 0.3) is 0 Å². The zero-order valence-electron chi connectivity index (χ0n) is 11.9. The highest BCUT2D eigenvalue weighted by Crippen LogP contribution is 2.29. The van der Waals surface area contributed by atoms with E-state index < -0.39 is 0 Å². The summed E-state index contributed by atoms with van der Waals surface area (Å²) in [7, 11) is 3.24. The molecule has 20 heavy (non-hydrogen) atoms. The monoisotopic (exact) mass is 273 g/mol. The number of hydrazine groups is 1. The molecule has 106 valence electrons. The van der Waals surface area contributed by atoms with Crippen molar-refractivity contribution < 1.29 is 9.47 Å². The van der Waals surface area contributed by atoms with Crippen molar-refractivity contribution in [3.8, 4) is 11.5 Å². The van der Waals surface area contributed by atoms with E-state index in [1.807, 2.05) is 43.5 Å². The van der Waals surface area contributed by atoms with Crippen LogP contribution in [0, 0.1) is 6.92 Å². The fourth-order valence-electron chi connectivity index (χ4n) is 2.03. The molecule has 1 aromatic heterocycles. The van der Waals surface area contributed by atoms with E-state index in [-0.39, 0.29) is 6.04 Å². The number of nitrogens with one attached hydrogen (secondary N) is 1. The molecular formula is C15H19N3O2. The van der Waals surface area contributed by atoms with Crippen LogP contribution in [0.2, 0.25) is 0 Å². The van der Waals surface area contributed by atoms with Crippen LogP contribution in [0.15, 0.2) is 36.5 Å². The zero-order valence-corrected chi connectivity index (χ0v) is 11.9. The highest BCUT2D eigenvalue weighted by Gasteiger charge is 2.15. The molecule has 0 aliphatic heterocycles. The van der Waals surface area contributed by atoms with Gasteiger partial charge in [-0.05, 0) is 36.2 Å². The summed E-state index contributed by atoms with van der Waals surface area (Å²) in [6.07, 6.45) is 1.81. The Labute approximate surface area is 118 Å². The molecular weight excluding hydrogens is 254 g/mol. The van der Waals surface area contributed by atoms with Crippen molar-refractivity contribution in [1.82, 2.24) is 10.4 Å². The smallest absolute Gasteiger partial charge is 0.122 e. The average molecular weight is 273 g/mol. The maximum atomic E-state index is 5.70. The molecule has 1 atom stereocenters. The van der Waals surface area contributed by atoms with Crippen LogP contribution in [-0.2, 0) is 0 Å². The van der Waals surface area contributed by atoms with Crippen LogP contribution in [0.3, 0.4) is 0 Å². The minimum absolute atomic E-state index is 0.174. The molecule has 0 saturated heterocycles. The van der Waals surface area contributed by atoms with Gasteiger partial charge in [-0.15, -0.1) is 0 Å². The fraction of sp³-hybridized carbons (Fsp3) is 0.267. The van der Waals surface area contributed by atoms with Gasteiger partial charge in [-0.25, -0.2) is 5.43 Å². The second-order valence-corrected chi connectivity index (χ2v) is 4.48. The van der Waals surface area contributed by atoms with E-state index in [1.54, 1.807) is 14.2 Å². The predicted molar refractivity (Wildman–Crippen MR) is 77.7 cm³/mol. The van der Waals surface area contributed by atoms with E-state index in [2.05, 4.69) is 10.4 Å². The number of pyridine rings is 1. The average Bonchev–Trinajstić information content (AvgIpc) is 2.49. The van der Waals surface area contributed by atoms with Gasteiger partial charge in [-0.2, -0.15) is 0 Å². The number of hydrogen-bond acceptors (Lipinski definition) is 5. The highest BCUT2D eigenvalue weighted by atomic mass is 16.5. The van der Waals surface area contributed by atoms with Crippen molar-refractivity contribution in [1.29, 1.82) is 0 Å². The van der Waals surface area contributed by atoms with Gasteiger partial charge in [0.2, 0.25) is 0 Å². The van der Waals surface area contributed by atoms with E-state index >= 15 is 0 Å². The van der Waals surface area contributed by atoms with Gasteiger partial charge in [-0.3, -0.25) is 10.8 Å². The fourth-order valence-corrected chi connectivity index (χ4v) is 2.03. The SMILES string of the molecule is COc1cc(OC)cc(C(NN)c2ccc(C)nc2)c1. The zero-order chi connectivity index (χ0) is 14.5. The maximum absolute atomic E-state index is 5.70. The summed E-state index contributed by atoms with van der Waals surface area (Å²) in [4.78, 5) is 4.30. The van der Waals surface area contributed by atoms with Gasteiger partial charge in [0.1, 0.15) is 11.5 Å². The lowest BCUT2D eigenvalue weighted by Crippen LogP contribution is -2.29. The first-order valence-electron chi connectivity index (χ1n) is 6.29. The topological polar surface area (TPSA) is 69.4 Å². The molecule has 5 nitrogen and oxygen atoms in total. The normalized spacial score (nSPS) is 12.0. The maximum Gasteiger partial charge on any atom is 0.122 e. The van der Waals surface area contributed by atoms with Crippen molar-refractivity contribution in [3.63, 3.8) is 0 Å². The Balaban J connectivity index is 2.42. The summed E-state index contributed by atoms with van der Waals surface area (Å²) in [5.74, 6) is 7.14. The van der Waals surface area contributed by atoms with Gasteiger partial charge in [0.05, 0.1) is 20.3 Å². The Bertz CT molecular complexity index is 548. The Morgan fingerprint density at radius 2 is 1.70 bits per heavy atom. The summed E-state index contributed by atoms with van der Waals surface area (Å²) in [5, 5.41) is 0. The molecule has 0 radical (unpaired) electrons. The molecule has 0 bridgehead atoms. The molecule has 2 aromatic rings. The number of methoxy groups -OCH3 is 2. The molecule has 0 amide bonds. The van der Waals surface area contributed by atoms with E-state index in [9.17, 15) is 0 Å². The summed E-state index contributed by atoms with van der Waals surface area (Å²) in [5.41, 5.74) is 5.70. The number of rotatable bonds is 5. The van der Waals surface area contributed by atoms with Crippen molar-refractivity contribution >= 4 is 0 Å². The Morgan fingerprint density at radius 3 is 2.15 bits per heavy atom. The van der Waals surface area contributed by atoms with Crippen LogP contribution in [-0.4, -0.2) is 19.2 Å². The highest BCUT2D eigenvalue weighted by molar-refractivity contribution is 5.42. The van der Waals surface area contributed by atoms with Crippen LogP contribution in [0.5, 0.6) is 11.5 Å². The van der Waals surface area contributed by atoms with Crippen LogP contribution >= 0.6 is 0 Å². The number of benzene rings is 1. The molecule has 1 unspecified atom stereocenters. The molecule has 0 aliphatic carbocycles. The van der Waals surface area contributed by atoms with E-state index in [0.29, 0.717) is 0 Å². The number of aromatic nitrogens is 1. The van der Waals surface area contributed by atoms with Crippen LogP contribution in [0.1, 0.15) is 22.9 Å². The first-order valence-corrected chi connectivity index (χ1v) is 6.29. The molecule has 1 aromatic carbocycles. The summed E-state index contributed by atoms with van der Waals surface area (Å²) < 4.78 is 10.6. The molecule has 0 spiro atoms. The van der Waals surface area contributed by atoms with Crippen molar-refractivity contribution in [2.75, 3.05) is 14.2 Å². The Hall–Kier alpha value is -2.11. The number of ether oxygens (including phenoxy) is 2. The second-order valence-electron chi connectivity index (χ2n) is 4.48. The first-order chi connectivity index (χ1) is 9.67. The van der Waals surface area contributed by atoms with Gasteiger partial charge >= 0.3 is 0 Å². The third-order valence-electron chi connectivity index (χ3n) is 3.14. The van der Waals surface area contributed by atoms with E-state index in [0.717, 1.165) is 28.3 Å². The predicted octanol–water partition coefficient (Wildman–Crippen LogP) is 1.96. The molecule has 0 fully saturated rings. The number of aryl methyl sites for hydroxylation is 1. The first kappa shape index (κ1) is 14.3. The van der Waals surface area contributed by atoms with Gasteiger partial charge in [-0.1, -0.05) is 6.07 Å². The molecule has 1 heterocycles. The minimum Gasteiger partial charge on any atom is -0.497 e.